The van der Waals surface area contributed by atoms with E-state index in [1.54, 1.807) is 0 Å². The molecular weight excluding hydrogens is 84.9 g/mol. The molecule has 0 amide bonds. The van der Waals surface area contributed by atoms with Crippen LogP contribution in [-0.2, 0) is 0 Å². The fourth-order valence-corrected chi connectivity index (χ4v) is 0. The van der Waals surface area contributed by atoms with Crippen LogP contribution in [0.15, 0.2) is 0 Å². The van der Waals surface area contributed by atoms with Gasteiger partial charge in [-0.15, -0.1) is 0 Å². The van der Waals surface area contributed by atoms with Crippen molar-refractivity contribution in [1.82, 2.24) is 6.15 Å². The van der Waals surface area contributed by atoms with E-state index in [2.05, 4.69) is 0 Å². The molecule has 6 heavy (non-hydrogen) atoms. The van der Waals surface area contributed by atoms with E-state index < -0.39 is 0 Å². The van der Waals surface area contributed by atoms with E-state index in [0.29, 0.717) is 0 Å². The Kier molecular flexibility index (Phi) is 5090000. The third-order valence-corrected chi connectivity index (χ3v) is 0. The third kappa shape index (κ3) is 1890. The second-order valence-corrected chi connectivity index (χ2v) is 0. The molecule has 0 aliphatic carbocycles. The molecule has 0 bridgehead atoms. The van der Waals surface area contributed by atoms with Crippen LogP contribution in [0.3, 0.4) is 0 Å². The first-order valence-electron chi connectivity index (χ1n) is 0. The molecular formula is H4LiNO4. The first kappa shape index (κ1) is 7500. The smallest absolute Gasteiger partial charge is 0.870 e. The van der Waals surface area contributed by atoms with E-state index >= 15 is 0 Å². The average Bonchev–Trinajstić information content (AvgIpc) is 0. The van der Waals surface area contributed by atoms with Crippen LogP contribution in [-0.4, -0.2) is 21.9 Å². The van der Waals surface area contributed by atoms with Crippen molar-refractivity contribution in [3.8, 4) is 0 Å². The standard InChI is InChI=1S/Li.N.4H2O/h;;4*1H2/q+1;+3;;;;/p-4. The Balaban J connectivity index is 0. The third-order valence-electron chi connectivity index (χ3n) is 0. The van der Waals surface area contributed by atoms with Gasteiger partial charge in [-0.3, -0.25) is 0 Å². The van der Waals surface area contributed by atoms with Gasteiger partial charge in [-0.05, 0) is 0 Å². The van der Waals surface area contributed by atoms with Gasteiger partial charge in [-0.2, -0.15) is 0 Å². The van der Waals surface area contributed by atoms with Crippen LogP contribution in [0.5, 0.6) is 0 Å². The summed E-state index contributed by atoms with van der Waals surface area (Å²) in [6, 6.07) is 0. The molecule has 0 aromatic rings. The molecule has 0 saturated heterocycles. The summed E-state index contributed by atoms with van der Waals surface area (Å²) < 4.78 is 0. The molecule has 0 saturated carbocycles. The molecule has 34 valence electrons. The molecule has 0 atom stereocenters. The van der Waals surface area contributed by atoms with Gasteiger partial charge in [0, 0.05) is 0 Å². The summed E-state index contributed by atoms with van der Waals surface area (Å²) in [5, 5.41) is 0. The molecule has 4 N–H and O–H groups in total. The van der Waals surface area contributed by atoms with Gasteiger partial charge in [-0.1, -0.05) is 0 Å². The second-order valence-electron chi connectivity index (χ2n) is 0. The van der Waals surface area contributed by atoms with Crippen LogP contribution in [0.1, 0.15) is 0 Å². The quantitative estimate of drug-likeness (QED) is 0.276. The Bertz CT molecular complexity index is 7.51. The summed E-state index contributed by atoms with van der Waals surface area (Å²) in [5.41, 5.74) is 0. The maximum Gasteiger partial charge on any atom is 3.00 e. The van der Waals surface area contributed by atoms with Crippen molar-refractivity contribution in [2.24, 2.45) is 0 Å². The van der Waals surface area contributed by atoms with E-state index in [9.17, 15) is 0 Å². The fraction of sp³-hybridized carbons (Fsp3) is 0. The van der Waals surface area contributed by atoms with Gasteiger partial charge in [-0.25, -0.2) is 0 Å². The Morgan fingerprint density at radius 3 is 0.500 bits per heavy atom. The number of rotatable bonds is 0. The normalized spacial score (nSPS) is 0. The zero-order chi connectivity index (χ0) is 0. The largest absolute Gasteiger partial charge is 3.00 e. The molecule has 0 aromatic heterocycles. The maximum absolute atomic E-state index is 0. The molecule has 5 nitrogen and oxygen atoms in total. The van der Waals surface area contributed by atoms with Crippen molar-refractivity contribution in [1.29, 1.82) is 0 Å². The van der Waals surface area contributed by atoms with Gasteiger partial charge in [0.15, 0.2) is 0 Å². The summed E-state index contributed by atoms with van der Waals surface area (Å²) in [6.07, 6.45) is 0. The number of hydrogen-bond donors (Lipinski definition) is 0. The molecule has 2 radical (unpaired) electrons. The minimum Gasteiger partial charge on any atom is -0.870 e. The van der Waals surface area contributed by atoms with Crippen molar-refractivity contribution in [2.45, 2.75) is 0 Å². The first-order valence-corrected chi connectivity index (χ1v) is 0. The number of hydrogen-bond acceptors (Lipinski definition) is 4. The molecule has 0 unspecified atom stereocenters. The van der Waals surface area contributed by atoms with Crippen molar-refractivity contribution in [3.05, 3.63) is 0 Å². The minimum absolute atomic E-state index is 0. The van der Waals surface area contributed by atoms with Crippen molar-refractivity contribution >= 4 is 0 Å². The van der Waals surface area contributed by atoms with Crippen LogP contribution < -0.4 is 25.0 Å². The van der Waals surface area contributed by atoms with Gasteiger partial charge in [0.2, 0.25) is 0 Å². The van der Waals surface area contributed by atoms with E-state index in [-0.39, 0.29) is 46.9 Å². The van der Waals surface area contributed by atoms with Gasteiger partial charge >= 0.3 is 25.0 Å². The van der Waals surface area contributed by atoms with Crippen LogP contribution in [0.25, 0.3) is 0 Å². The van der Waals surface area contributed by atoms with Gasteiger partial charge in [0.25, 0.3) is 0 Å². The maximum atomic E-state index is 0. The van der Waals surface area contributed by atoms with Crippen LogP contribution in [0.4, 0.5) is 0 Å². The summed E-state index contributed by atoms with van der Waals surface area (Å²) in [4.78, 5) is 0. The van der Waals surface area contributed by atoms with Crippen LogP contribution in [0.2, 0.25) is 0 Å². The Morgan fingerprint density at radius 1 is 0.500 bits per heavy atom. The molecule has 6 heteroatoms. The molecule has 0 aliphatic heterocycles. The molecule has 0 aliphatic rings. The molecule has 0 heterocycles. The molecule has 0 spiro atoms. The number of nitrogens with zero attached hydrogens (tertiary/aromatic N) is 1. The van der Waals surface area contributed by atoms with Crippen LogP contribution >= 0.6 is 0 Å². The van der Waals surface area contributed by atoms with Crippen molar-refractivity contribution < 1.29 is 40.8 Å². The summed E-state index contributed by atoms with van der Waals surface area (Å²) >= 11 is 0. The Morgan fingerprint density at radius 2 is 0.500 bits per heavy atom. The van der Waals surface area contributed by atoms with Gasteiger partial charge in [0.1, 0.15) is 0 Å². The average molecular weight is 89.0 g/mol. The first-order chi connectivity index (χ1) is 0. The van der Waals surface area contributed by atoms with E-state index in [0.717, 1.165) is 0 Å². The Labute approximate surface area is 47.7 Å². The SMILES string of the molecule is [Li+].[N+3].[OH-].[OH-].[OH-].[OH-]. The van der Waals surface area contributed by atoms with Crippen LogP contribution in [0, 0.1) is 0 Å². The predicted octanol–water partition coefficient (Wildman–Crippen LogP) is -4.18. The fourth-order valence-electron chi connectivity index (χ4n) is 0. The summed E-state index contributed by atoms with van der Waals surface area (Å²) in [7, 11) is 0. The Hall–Kier alpha value is 0.147. The monoisotopic (exact) mass is 89.0 g/mol. The van der Waals surface area contributed by atoms with Crippen molar-refractivity contribution in [3.63, 3.8) is 0 Å². The summed E-state index contributed by atoms with van der Waals surface area (Å²) in [6.45, 7) is 0. The minimum atomic E-state index is 0. The zero-order valence-corrected chi connectivity index (χ0v) is 3.24. The van der Waals surface area contributed by atoms with Gasteiger partial charge in [0.05, 0.1) is 0 Å². The van der Waals surface area contributed by atoms with E-state index in [1.807, 2.05) is 0 Å². The topological polar surface area (TPSA) is 150 Å². The second kappa shape index (κ2) is 4080. The molecule has 0 rings (SSSR count). The van der Waals surface area contributed by atoms with Crippen molar-refractivity contribution in [2.75, 3.05) is 0 Å². The molecule has 0 fully saturated rings. The zero-order valence-electron chi connectivity index (χ0n) is 3.24. The van der Waals surface area contributed by atoms with E-state index in [4.69, 9.17) is 0 Å². The van der Waals surface area contributed by atoms with Gasteiger partial charge < -0.3 is 21.9 Å². The van der Waals surface area contributed by atoms with E-state index in [1.165, 1.54) is 0 Å². The summed E-state index contributed by atoms with van der Waals surface area (Å²) in [5.74, 6) is 0. The predicted molar refractivity (Wildman–Crippen MR) is 9.88 cm³/mol. The molecule has 0 aromatic carbocycles.